The lowest BCUT2D eigenvalue weighted by Gasteiger charge is -2.18. The van der Waals surface area contributed by atoms with Crippen molar-refractivity contribution < 1.29 is 9.15 Å². The van der Waals surface area contributed by atoms with Crippen LogP contribution in [0, 0.1) is 5.92 Å². The van der Waals surface area contributed by atoms with E-state index in [0.29, 0.717) is 12.5 Å². The van der Waals surface area contributed by atoms with Crippen molar-refractivity contribution in [1.82, 2.24) is 5.32 Å². The first-order valence-corrected chi connectivity index (χ1v) is 6.28. The van der Waals surface area contributed by atoms with Gasteiger partial charge in [0.1, 0.15) is 12.4 Å². The number of furan rings is 1. The minimum Gasteiger partial charge on any atom is -0.467 e. The summed E-state index contributed by atoms with van der Waals surface area (Å²) in [7, 11) is 0. The van der Waals surface area contributed by atoms with E-state index in [1.807, 2.05) is 20.8 Å². The Bertz CT molecular complexity index is 323. The molecule has 1 heterocycles. The van der Waals surface area contributed by atoms with Gasteiger partial charge in [0.15, 0.2) is 0 Å². The van der Waals surface area contributed by atoms with E-state index in [0.717, 1.165) is 18.8 Å². The Labute approximate surface area is 105 Å². The number of hydrogen-bond donors (Lipinski definition) is 1. The second-order valence-corrected chi connectivity index (χ2v) is 5.85. The summed E-state index contributed by atoms with van der Waals surface area (Å²) < 4.78 is 11.1. The van der Waals surface area contributed by atoms with Gasteiger partial charge in [0.05, 0.1) is 11.9 Å². The maximum Gasteiger partial charge on any atom is 0.129 e. The molecular formula is C14H25NO2. The summed E-state index contributed by atoms with van der Waals surface area (Å²) >= 11 is 0. The summed E-state index contributed by atoms with van der Waals surface area (Å²) in [5.41, 5.74) is 1.06. The van der Waals surface area contributed by atoms with Crippen LogP contribution in [0.5, 0.6) is 0 Å². The van der Waals surface area contributed by atoms with Crippen molar-refractivity contribution in [3.8, 4) is 0 Å². The minimum absolute atomic E-state index is 0.122. The first-order chi connectivity index (χ1) is 7.87. The van der Waals surface area contributed by atoms with E-state index in [9.17, 15) is 0 Å². The Hall–Kier alpha value is -0.800. The first kappa shape index (κ1) is 14.3. The van der Waals surface area contributed by atoms with Crippen molar-refractivity contribution in [1.29, 1.82) is 0 Å². The molecule has 3 nitrogen and oxygen atoms in total. The molecule has 3 heteroatoms. The molecule has 0 aliphatic rings. The van der Waals surface area contributed by atoms with Gasteiger partial charge in [0.2, 0.25) is 0 Å². The largest absolute Gasteiger partial charge is 0.467 e. The van der Waals surface area contributed by atoms with Crippen molar-refractivity contribution in [3.05, 3.63) is 23.7 Å². The summed E-state index contributed by atoms with van der Waals surface area (Å²) in [6, 6.07) is 2.05. The molecule has 98 valence electrons. The van der Waals surface area contributed by atoms with Gasteiger partial charge in [0.25, 0.3) is 0 Å². The summed E-state index contributed by atoms with van der Waals surface area (Å²) in [5.74, 6) is 1.56. The van der Waals surface area contributed by atoms with Gasteiger partial charge in [-0.05, 0) is 39.3 Å². The Kier molecular flexibility index (Phi) is 5.22. The molecule has 0 aliphatic carbocycles. The average molecular weight is 239 g/mol. The second-order valence-electron chi connectivity index (χ2n) is 5.85. The number of hydrogen-bond acceptors (Lipinski definition) is 3. The molecule has 1 aromatic heterocycles. The zero-order valence-electron chi connectivity index (χ0n) is 11.7. The molecule has 0 unspecified atom stereocenters. The number of ether oxygens (including phenoxy) is 1. The van der Waals surface area contributed by atoms with E-state index < -0.39 is 0 Å². The fourth-order valence-electron chi connectivity index (χ4n) is 1.39. The lowest BCUT2D eigenvalue weighted by atomic mass is 10.2. The molecule has 0 amide bonds. The van der Waals surface area contributed by atoms with Gasteiger partial charge in [-0.1, -0.05) is 13.8 Å². The van der Waals surface area contributed by atoms with Gasteiger partial charge < -0.3 is 14.5 Å². The third-order valence-corrected chi connectivity index (χ3v) is 2.24. The maximum absolute atomic E-state index is 5.66. The van der Waals surface area contributed by atoms with Crippen molar-refractivity contribution in [2.24, 2.45) is 5.92 Å². The van der Waals surface area contributed by atoms with Gasteiger partial charge in [-0.25, -0.2) is 0 Å². The van der Waals surface area contributed by atoms with Crippen LogP contribution in [0.2, 0.25) is 0 Å². The summed E-state index contributed by atoms with van der Waals surface area (Å²) in [6.45, 7) is 12.9. The van der Waals surface area contributed by atoms with Crippen LogP contribution in [0.25, 0.3) is 0 Å². The van der Waals surface area contributed by atoms with Crippen molar-refractivity contribution >= 4 is 0 Å². The molecule has 0 bridgehead atoms. The summed E-state index contributed by atoms with van der Waals surface area (Å²) in [5, 5.41) is 3.39. The predicted molar refractivity (Wildman–Crippen MR) is 69.8 cm³/mol. The fraction of sp³-hybridized carbons (Fsp3) is 0.714. The van der Waals surface area contributed by atoms with E-state index >= 15 is 0 Å². The van der Waals surface area contributed by atoms with Crippen molar-refractivity contribution in [3.63, 3.8) is 0 Å². The normalized spacial score (nSPS) is 12.4. The van der Waals surface area contributed by atoms with Crippen LogP contribution in [-0.4, -0.2) is 12.1 Å². The van der Waals surface area contributed by atoms with Gasteiger partial charge in [-0.3, -0.25) is 0 Å². The third kappa shape index (κ3) is 6.49. The Balaban J connectivity index is 2.32. The lowest BCUT2D eigenvalue weighted by Crippen LogP contribution is -2.19. The highest BCUT2D eigenvalue weighted by Crippen LogP contribution is 2.14. The number of nitrogens with one attached hydrogen (secondary N) is 1. The van der Waals surface area contributed by atoms with E-state index in [-0.39, 0.29) is 5.60 Å². The molecule has 0 aromatic carbocycles. The van der Waals surface area contributed by atoms with Crippen LogP contribution >= 0.6 is 0 Å². The van der Waals surface area contributed by atoms with E-state index in [1.165, 1.54) is 5.56 Å². The smallest absolute Gasteiger partial charge is 0.129 e. The molecule has 0 atom stereocenters. The maximum atomic E-state index is 5.66. The van der Waals surface area contributed by atoms with Crippen LogP contribution < -0.4 is 5.32 Å². The van der Waals surface area contributed by atoms with Crippen molar-refractivity contribution in [2.75, 3.05) is 6.54 Å². The monoisotopic (exact) mass is 239 g/mol. The highest BCUT2D eigenvalue weighted by atomic mass is 16.5. The van der Waals surface area contributed by atoms with Gasteiger partial charge in [0, 0.05) is 12.1 Å². The topological polar surface area (TPSA) is 34.4 Å². The number of rotatable bonds is 6. The van der Waals surface area contributed by atoms with E-state index in [4.69, 9.17) is 9.15 Å². The molecule has 0 spiro atoms. The summed E-state index contributed by atoms with van der Waals surface area (Å²) in [6.07, 6.45) is 1.80. The first-order valence-electron chi connectivity index (χ1n) is 6.28. The SMILES string of the molecule is CC(C)CNCc1coc(COC(C)(C)C)c1. The average Bonchev–Trinajstić information content (AvgIpc) is 2.61. The quantitative estimate of drug-likeness (QED) is 0.826. The molecule has 0 saturated carbocycles. The molecule has 0 radical (unpaired) electrons. The third-order valence-electron chi connectivity index (χ3n) is 2.24. The highest BCUT2D eigenvalue weighted by Gasteiger charge is 2.11. The van der Waals surface area contributed by atoms with E-state index in [2.05, 4.69) is 25.2 Å². The molecule has 1 N–H and O–H groups in total. The molecule has 1 aromatic rings. The zero-order chi connectivity index (χ0) is 12.9. The Morgan fingerprint density at radius 2 is 2.06 bits per heavy atom. The lowest BCUT2D eigenvalue weighted by molar-refractivity contribution is -0.0224. The van der Waals surface area contributed by atoms with Gasteiger partial charge >= 0.3 is 0 Å². The molecule has 1 rings (SSSR count). The minimum atomic E-state index is -0.122. The molecular weight excluding hydrogens is 214 g/mol. The molecule has 0 aliphatic heterocycles. The Morgan fingerprint density at radius 1 is 1.35 bits per heavy atom. The van der Waals surface area contributed by atoms with Crippen LogP contribution in [0.1, 0.15) is 45.9 Å². The predicted octanol–water partition coefficient (Wildman–Crippen LogP) is 3.34. The van der Waals surface area contributed by atoms with Gasteiger partial charge in [-0.15, -0.1) is 0 Å². The van der Waals surface area contributed by atoms with Crippen LogP contribution in [0.4, 0.5) is 0 Å². The zero-order valence-corrected chi connectivity index (χ0v) is 11.7. The Morgan fingerprint density at radius 3 is 2.65 bits per heavy atom. The molecule has 17 heavy (non-hydrogen) atoms. The van der Waals surface area contributed by atoms with Crippen molar-refractivity contribution in [2.45, 2.75) is 53.4 Å². The molecule has 0 saturated heterocycles. The molecule has 0 fully saturated rings. The fourth-order valence-corrected chi connectivity index (χ4v) is 1.39. The van der Waals surface area contributed by atoms with Crippen LogP contribution in [0.15, 0.2) is 16.7 Å². The van der Waals surface area contributed by atoms with Crippen LogP contribution in [-0.2, 0) is 17.9 Å². The standard InChI is InChI=1S/C14H25NO2/c1-11(2)7-15-8-12-6-13(16-9-12)10-17-14(3,4)5/h6,9,11,15H,7-8,10H2,1-5H3. The van der Waals surface area contributed by atoms with Gasteiger partial charge in [-0.2, -0.15) is 0 Å². The highest BCUT2D eigenvalue weighted by molar-refractivity contribution is 5.12. The van der Waals surface area contributed by atoms with Crippen LogP contribution in [0.3, 0.4) is 0 Å². The van der Waals surface area contributed by atoms with E-state index in [1.54, 1.807) is 6.26 Å². The second kappa shape index (κ2) is 6.22. The summed E-state index contributed by atoms with van der Waals surface area (Å²) in [4.78, 5) is 0.